The van der Waals surface area contributed by atoms with Gasteiger partial charge >= 0.3 is 0 Å². The van der Waals surface area contributed by atoms with Crippen LogP contribution in [0.4, 0.5) is 0 Å². The van der Waals surface area contributed by atoms with Gasteiger partial charge in [0.05, 0.1) is 19.0 Å². The highest BCUT2D eigenvalue weighted by molar-refractivity contribution is 5.95. The maximum atomic E-state index is 12.5. The zero-order valence-corrected chi connectivity index (χ0v) is 14.2. The molecule has 24 heavy (non-hydrogen) atoms. The molecule has 0 bridgehead atoms. The number of aromatic nitrogens is 2. The topological polar surface area (TPSA) is 59.4 Å². The van der Waals surface area contributed by atoms with Gasteiger partial charge in [-0.1, -0.05) is 18.2 Å². The van der Waals surface area contributed by atoms with Gasteiger partial charge in [-0.15, -0.1) is 0 Å². The highest BCUT2D eigenvalue weighted by Gasteiger charge is 2.21. The minimum atomic E-state index is -0.201. The Morgan fingerprint density at radius 1 is 1.29 bits per heavy atom. The van der Waals surface area contributed by atoms with Crippen molar-refractivity contribution in [1.29, 1.82) is 0 Å². The maximum Gasteiger partial charge on any atom is 0.275 e. The molecule has 0 spiro atoms. The number of rotatable bonds is 6. The van der Waals surface area contributed by atoms with Crippen molar-refractivity contribution in [3.8, 4) is 11.4 Å². The molecule has 1 unspecified atom stereocenters. The van der Waals surface area contributed by atoms with Crippen molar-refractivity contribution < 1.29 is 9.53 Å². The fourth-order valence-electron chi connectivity index (χ4n) is 3.01. The summed E-state index contributed by atoms with van der Waals surface area (Å²) in [6.45, 7) is 4.98. The number of nitrogens with one attached hydrogen (secondary N) is 1. The molecule has 2 aromatic rings. The fourth-order valence-corrected chi connectivity index (χ4v) is 3.01. The Bertz CT molecular complexity index is 678. The Morgan fingerprint density at radius 2 is 2.00 bits per heavy atom. The molecule has 2 heterocycles. The van der Waals surface area contributed by atoms with E-state index in [0.29, 0.717) is 24.0 Å². The van der Waals surface area contributed by atoms with Crippen molar-refractivity contribution in [3.05, 3.63) is 42.2 Å². The molecule has 1 atom stereocenters. The van der Waals surface area contributed by atoms with E-state index in [4.69, 9.17) is 4.74 Å². The summed E-state index contributed by atoms with van der Waals surface area (Å²) in [6.07, 6.45) is 4.22. The lowest BCUT2D eigenvalue weighted by Gasteiger charge is -2.23. The summed E-state index contributed by atoms with van der Waals surface area (Å²) in [5.41, 5.74) is 1.20. The molecular formula is C18H24N4O2. The molecule has 0 radical (unpaired) electrons. The second-order valence-corrected chi connectivity index (χ2v) is 6.13. The van der Waals surface area contributed by atoms with Crippen LogP contribution in [0.2, 0.25) is 0 Å². The normalized spacial score (nSPS) is 16.1. The summed E-state index contributed by atoms with van der Waals surface area (Å²) in [7, 11) is 1.55. The first-order valence-electron chi connectivity index (χ1n) is 8.40. The number of likely N-dealkylation sites (tertiary alicyclic amines) is 1. The number of carbonyl (C=O) groups excluding carboxylic acids is 1. The first kappa shape index (κ1) is 16.5. The van der Waals surface area contributed by atoms with Crippen molar-refractivity contribution in [2.45, 2.75) is 25.8 Å². The molecule has 1 N–H and O–H groups in total. The molecule has 3 rings (SSSR count). The standard InChI is InChI=1S/C18H24N4O2/c1-14(21-10-6-7-11-21)12-19-18(23)17-16(24-2)13-22(20-17)15-8-4-3-5-9-15/h3-5,8-9,13-14H,6-7,10-12H2,1-2H3,(H,19,23). The van der Waals surface area contributed by atoms with Crippen LogP contribution in [-0.2, 0) is 0 Å². The summed E-state index contributed by atoms with van der Waals surface area (Å²) in [5, 5.41) is 7.37. The average molecular weight is 328 g/mol. The van der Waals surface area contributed by atoms with Crippen molar-refractivity contribution in [2.75, 3.05) is 26.7 Å². The van der Waals surface area contributed by atoms with Gasteiger partial charge in [0.2, 0.25) is 0 Å². The Morgan fingerprint density at radius 3 is 2.67 bits per heavy atom. The SMILES string of the molecule is COc1cn(-c2ccccc2)nc1C(=O)NCC(C)N1CCCC1. The third-order valence-electron chi connectivity index (χ3n) is 4.46. The number of nitrogens with zero attached hydrogens (tertiary/aromatic N) is 3. The number of hydrogen-bond donors (Lipinski definition) is 1. The zero-order valence-electron chi connectivity index (χ0n) is 14.2. The molecule has 6 nitrogen and oxygen atoms in total. The van der Waals surface area contributed by atoms with E-state index in [9.17, 15) is 4.79 Å². The van der Waals surface area contributed by atoms with Gasteiger partial charge in [0.25, 0.3) is 5.91 Å². The predicted molar refractivity (Wildman–Crippen MR) is 92.7 cm³/mol. The number of methoxy groups -OCH3 is 1. The molecule has 1 aliphatic rings. The monoisotopic (exact) mass is 328 g/mol. The first-order valence-corrected chi connectivity index (χ1v) is 8.40. The van der Waals surface area contributed by atoms with Gasteiger partial charge in [0, 0.05) is 12.6 Å². The number of amides is 1. The highest BCUT2D eigenvalue weighted by Crippen LogP contribution is 2.19. The largest absolute Gasteiger partial charge is 0.493 e. The first-order chi connectivity index (χ1) is 11.7. The van der Waals surface area contributed by atoms with Crippen LogP contribution in [0.15, 0.2) is 36.5 Å². The molecule has 128 valence electrons. The fraction of sp³-hybridized carbons (Fsp3) is 0.444. The minimum absolute atomic E-state index is 0.201. The van der Waals surface area contributed by atoms with Gasteiger partial charge < -0.3 is 10.1 Å². The van der Waals surface area contributed by atoms with Crippen LogP contribution in [0.5, 0.6) is 5.75 Å². The predicted octanol–water partition coefficient (Wildman–Crippen LogP) is 2.09. The second kappa shape index (κ2) is 7.49. The van der Waals surface area contributed by atoms with E-state index in [1.807, 2.05) is 30.3 Å². The number of carbonyl (C=O) groups is 1. The molecule has 1 aromatic heterocycles. The molecule has 1 fully saturated rings. The third kappa shape index (κ3) is 3.59. The van der Waals surface area contributed by atoms with E-state index in [-0.39, 0.29) is 5.91 Å². The van der Waals surface area contributed by atoms with Crippen LogP contribution in [-0.4, -0.2) is 53.4 Å². The molecular weight excluding hydrogens is 304 g/mol. The van der Waals surface area contributed by atoms with Crippen LogP contribution < -0.4 is 10.1 Å². The van der Waals surface area contributed by atoms with Crippen LogP contribution in [0.3, 0.4) is 0 Å². The lowest BCUT2D eigenvalue weighted by atomic mass is 10.3. The van der Waals surface area contributed by atoms with Crippen molar-refractivity contribution >= 4 is 5.91 Å². The Balaban J connectivity index is 1.68. The van der Waals surface area contributed by atoms with Crippen LogP contribution in [0.1, 0.15) is 30.3 Å². The maximum absolute atomic E-state index is 12.5. The summed E-state index contributed by atoms with van der Waals surface area (Å²) in [5.74, 6) is 0.276. The quantitative estimate of drug-likeness (QED) is 0.882. The zero-order chi connectivity index (χ0) is 16.9. The van der Waals surface area contributed by atoms with Gasteiger partial charge in [0.1, 0.15) is 0 Å². The van der Waals surface area contributed by atoms with Gasteiger partial charge in [0.15, 0.2) is 11.4 Å². The van der Waals surface area contributed by atoms with Crippen LogP contribution in [0.25, 0.3) is 5.69 Å². The van der Waals surface area contributed by atoms with Gasteiger partial charge in [-0.05, 0) is 45.0 Å². The molecule has 1 amide bonds. The molecule has 0 aliphatic carbocycles. The summed E-state index contributed by atoms with van der Waals surface area (Å²) in [6, 6.07) is 10.0. The number of benzene rings is 1. The highest BCUT2D eigenvalue weighted by atomic mass is 16.5. The third-order valence-corrected chi connectivity index (χ3v) is 4.46. The van der Waals surface area contributed by atoms with Gasteiger partial charge in [-0.2, -0.15) is 5.10 Å². The van der Waals surface area contributed by atoms with E-state index in [1.54, 1.807) is 18.0 Å². The van der Waals surface area contributed by atoms with Gasteiger partial charge in [-0.3, -0.25) is 9.69 Å². The van der Waals surface area contributed by atoms with E-state index < -0.39 is 0 Å². The Hall–Kier alpha value is -2.34. The molecule has 1 aromatic carbocycles. The number of para-hydroxylation sites is 1. The van der Waals surface area contributed by atoms with E-state index in [1.165, 1.54) is 12.8 Å². The average Bonchev–Trinajstić information content (AvgIpc) is 3.29. The smallest absolute Gasteiger partial charge is 0.275 e. The second-order valence-electron chi connectivity index (χ2n) is 6.13. The molecule has 1 saturated heterocycles. The summed E-state index contributed by atoms with van der Waals surface area (Å²) < 4.78 is 6.98. The van der Waals surface area contributed by atoms with E-state index >= 15 is 0 Å². The molecule has 1 aliphatic heterocycles. The van der Waals surface area contributed by atoms with Crippen LogP contribution >= 0.6 is 0 Å². The van der Waals surface area contributed by atoms with E-state index in [0.717, 1.165) is 18.8 Å². The molecule has 6 heteroatoms. The Kier molecular flexibility index (Phi) is 5.15. The summed E-state index contributed by atoms with van der Waals surface area (Å²) >= 11 is 0. The minimum Gasteiger partial charge on any atom is -0.493 e. The summed E-state index contributed by atoms with van der Waals surface area (Å²) in [4.78, 5) is 14.9. The lowest BCUT2D eigenvalue weighted by Crippen LogP contribution is -2.40. The van der Waals surface area contributed by atoms with Crippen LogP contribution in [0, 0.1) is 0 Å². The van der Waals surface area contributed by atoms with Crippen molar-refractivity contribution in [1.82, 2.24) is 20.0 Å². The Labute approximate surface area is 142 Å². The lowest BCUT2D eigenvalue weighted by molar-refractivity contribution is 0.0932. The number of ether oxygens (including phenoxy) is 1. The number of hydrogen-bond acceptors (Lipinski definition) is 4. The van der Waals surface area contributed by atoms with Crippen molar-refractivity contribution in [2.24, 2.45) is 0 Å². The van der Waals surface area contributed by atoms with E-state index in [2.05, 4.69) is 22.2 Å². The van der Waals surface area contributed by atoms with Gasteiger partial charge in [-0.25, -0.2) is 4.68 Å². The molecule has 0 saturated carbocycles. The van der Waals surface area contributed by atoms with Crippen molar-refractivity contribution in [3.63, 3.8) is 0 Å².